The molecule has 2 aromatic carbocycles. The number of carbonyl (C=O) groups is 2. The predicted molar refractivity (Wildman–Crippen MR) is 117 cm³/mol. The Bertz CT molecular complexity index is 1250. The Balaban J connectivity index is 1.43. The number of primary amides is 1. The summed E-state index contributed by atoms with van der Waals surface area (Å²) < 4.78 is 33.0. The van der Waals surface area contributed by atoms with Crippen LogP contribution < -0.4 is 15.8 Å². The number of rotatable bonds is 7. The van der Waals surface area contributed by atoms with Gasteiger partial charge in [0, 0.05) is 18.7 Å². The summed E-state index contributed by atoms with van der Waals surface area (Å²) in [5.41, 5.74) is 6.10. The summed E-state index contributed by atoms with van der Waals surface area (Å²) >= 11 is 1.18. The molecule has 0 bridgehead atoms. The topological polar surface area (TPSA) is 132 Å². The summed E-state index contributed by atoms with van der Waals surface area (Å²) in [5, 5.41) is 2.98. The van der Waals surface area contributed by atoms with Crippen molar-refractivity contribution in [2.24, 2.45) is 5.73 Å². The summed E-state index contributed by atoms with van der Waals surface area (Å²) in [6, 6.07) is 11.0. The van der Waals surface area contributed by atoms with Crippen molar-refractivity contribution in [2.75, 3.05) is 25.0 Å². The molecule has 0 radical (unpaired) electrons. The number of benzene rings is 2. The van der Waals surface area contributed by atoms with Crippen molar-refractivity contribution in [2.45, 2.75) is 17.7 Å². The molecule has 1 aliphatic rings. The number of ether oxygens (including phenoxy) is 1. The first-order chi connectivity index (χ1) is 14.8. The molecule has 162 valence electrons. The number of thiazole rings is 1. The van der Waals surface area contributed by atoms with Crippen molar-refractivity contribution in [3.63, 3.8) is 0 Å². The van der Waals surface area contributed by atoms with Gasteiger partial charge in [0.1, 0.15) is 5.75 Å². The third-order valence-electron chi connectivity index (χ3n) is 4.80. The number of anilines is 1. The van der Waals surface area contributed by atoms with E-state index in [4.69, 9.17) is 10.5 Å². The molecule has 0 aliphatic carbocycles. The maximum atomic E-state index is 12.7. The Morgan fingerprint density at radius 1 is 1.16 bits per heavy atom. The summed E-state index contributed by atoms with van der Waals surface area (Å²) in [6.45, 7) is 0.784. The number of nitrogens with zero attached hydrogens (tertiary/aromatic N) is 2. The van der Waals surface area contributed by atoms with Crippen LogP contribution in [0.25, 0.3) is 10.2 Å². The van der Waals surface area contributed by atoms with Gasteiger partial charge in [0.2, 0.25) is 15.9 Å². The number of hydrogen-bond acceptors (Lipinski definition) is 7. The molecular weight excluding hydrogens is 440 g/mol. The number of carbonyl (C=O) groups excluding carboxylic acids is 2. The van der Waals surface area contributed by atoms with E-state index in [0.29, 0.717) is 34.2 Å². The van der Waals surface area contributed by atoms with Gasteiger partial charge in [0.05, 0.1) is 15.1 Å². The zero-order valence-electron chi connectivity index (χ0n) is 16.4. The fourth-order valence-corrected chi connectivity index (χ4v) is 5.78. The summed E-state index contributed by atoms with van der Waals surface area (Å²) in [5.74, 6) is -0.684. The molecule has 9 nitrogen and oxygen atoms in total. The van der Waals surface area contributed by atoms with Gasteiger partial charge in [-0.05, 0) is 49.2 Å². The molecule has 0 unspecified atom stereocenters. The van der Waals surface area contributed by atoms with Crippen LogP contribution in [0.5, 0.6) is 5.75 Å². The van der Waals surface area contributed by atoms with Crippen LogP contribution in [-0.4, -0.2) is 49.2 Å². The smallest absolute Gasteiger partial charge is 0.264 e. The lowest BCUT2D eigenvalue weighted by Gasteiger charge is -2.15. The fraction of sp³-hybridized carbons (Fsp3) is 0.250. The van der Waals surface area contributed by atoms with E-state index in [1.807, 2.05) is 0 Å². The SMILES string of the molecule is NC(=O)c1cccc(OCC(=O)Nc2nc3ccc(S(=O)(=O)N4CCCC4)cc3s2)c1. The van der Waals surface area contributed by atoms with Crippen LogP contribution in [-0.2, 0) is 14.8 Å². The molecule has 0 atom stereocenters. The zero-order valence-corrected chi connectivity index (χ0v) is 18.0. The van der Waals surface area contributed by atoms with E-state index in [0.717, 1.165) is 12.8 Å². The van der Waals surface area contributed by atoms with Crippen molar-refractivity contribution in [3.8, 4) is 5.75 Å². The third-order valence-corrected chi connectivity index (χ3v) is 7.63. The molecule has 0 saturated carbocycles. The molecular formula is C20H20N4O5S2. The second-order valence-corrected chi connectivity index (χ2v) is 9.96. The molecule has 0 spiro atoms. The van der Waals surface area contributed by atoms with Crippen molar-refractivity contribution >= 4 is 48.5 Å². The number of hydrogen-bond donors (Lipinski definition) is 2. The maximum absolute atomic E-state index is 12.7. The Hall–Kier alpha value is -3.02. The van der Waals surface area contributed by atoms with Gasteiger partial charge in [-0.3, -0.25) is 14.9 Å². The van der Waals surface area contributed by atoms with E-state index in [2.05, 4.69) is 10.3 Å². The van der Waals surface area contributed by atoms with Gasteiger partial charge < -0.3 is 10.5 Å². The highest BCUT2D eigenvalue weighted by Gasteiger charge is 2.27. The Kier molecular flexibility index (Phi) is 5.90. The molecule has 4 rings (SSSR count). The Morgan fingerprint density at radius 3 is 2.68 bits per heavy atom. The number of aromatic nitrogens is 1. The minimum absolute atomic E-state index is 0.223. The van der Waals surface area contributed by atoms with Gasteiger partial charge >= 0.3 is 0 Å². The normalized spacial score (nSPS) is 14.6. The number of sulfonamides is 1. The van der Waals surface area contributed by atoms with Gasteiger partial charge in [-0.15, -0.1) is 0 Å². The molecule has 2 heterocycles. The van der Waals surface area contributed by atoms with E-state index in [1.54, 1.807) is 30.3 Å². The average Bonchev–Trinajstić information content (AvgIpc) is 3.42. The largest absolute Gasteiger partial charge is 0.484 e. The number of fused-ring (bicyclic) bond motifs is 1. The third kappa shape index (κ3) is 4.68. The van der Waals surface area contributed by atoms with Crippen molar-refractivity contribution < 1.29 is 22.7 Å². The highest BCUT2D eigenvalue weighted by atomic mass is 32.2. The molecule has 31 heavy (non-hydrogen) atoms. The van der Waals surface area contributed by atoms with E-state index >= 15 is 0 Å². The van der Waals surface area contributed by atoms with Crippen LogP contribution in [0, 0.1) is 0 Å². The molecule has 2 amide bonds. The van der Waals surface area contributed by atoms with E-state index in [1.165, 1.54) is 27.8 Å². The van der Waals surface area contributed by atoms with Gasteiger partial charge in [0.25, 0.3) is 5.91 Å². The van der Waals surface area contributed by atoms with Crippen molar-refractivity contribution in [3.05, 3.63) is 48.0 Å². The van der Waals surface area contributed by atoms with Crippen LogP contribution in [0.3, 0.4) is 0 Å². The molecule has 1 fully saturated rings. The summed E-state index contributed by atoms with van der Waals surface area (Å²) in [6.07, 6.45) is 1.74. The lowest BCUT2D eigenvalue weighted by Crippen LogP contribution is -2.27. The number of nitrogens with one attached hydrogen (secondary N) is 1. The van der Waals surface area contributed by atoms with Crippen LogP contribution in [0.2, 0.25) is 0 Å². The van der Waals surface area contributed by atoms with E-state index in [9.17, 15) is 18.0 Å². The molecule has 11 heteroatoms. The minimum Gasteiger partial charge on any atom is -0.484 e. The molecule has 3 N–H and O–H groups in total. The second-order valence-electron chi connectivity index (χ2n) is 6.99. The average molecular weight is 461 g/mol. The van der Waals surface area contributed by atoms with Gasteiger partial charge in [-0.2, -0.15) is 4.31 Å². The van der Waals surface area contributed by atoms with Crippen molar-refractivity contribution in [1.29, 1.82) is 0 Å². The predicted octanol–water partition coefficient (Wildman–Crippen LogP) is 2.20. The number of nitrogens with two attached hydrogens (primary N) is 1. The minimum atomic E-state index is -3.52. The standard InChI is InChI=1S/C20H20N4O5S2/c21-19(26)13-4-3-5-14(10-13)29-12-18(25)23-20-22-16-7-6-15(11-17(16)30-20)31(27,28)24-8-1-2-9-24/h3-7,10-11H,1-2,8-9,12H2,(H2,21,26)(H,22,23,25). The lowest BCUT2D eigenvalue weighted by atomic mass is 10.2. The molecule has 1 saturated heterocycles. The molecule has 3 aromatic rings. The highest BCUT2D eigenvalue weighted by molar-refractivity contribution is 7.89. The van der Waals surface area contributed by atoms with Crippen molar-refractivity contribution in [1.82, 2.24) is 9.29 Å². The first-order valence-corrected chi connectivity index (χ1v) is 11.8. The van der Waals surface area contributed by atoms with E-state index in [-0.39, 0.29) is 17.1 Å². The Morgan fingerprint density at radius 2 is 1.94 bits per heavy atom. The first kappa shape index (κ1) is 21.2. The van der Waals surface area contributed by atoms with Crippen LogP contribution in [0.1, 0.15) is 23.2 Å². The second kappa shape index (κ2) is 8.61. The van der Waals surface area contributed by atoms with Gasteiger partial charge in [0.15, 0.2) is 11.7 Å². The number of amides is 2. The van der Waals surface area contributed by atoms with Crippen LogP contribution in [0.15, 0.2) is 47.4 Å². The van der Waals surface area contributed by atoms with Gasteiger partial charge in [-0.25, -0.2) is 13.4 Å². The van der Waals surface area contributed by atoms with E-state index < -0.39 is 21.8 Å². The van der Waals surface area contributed by atoms with Crippen LogP contribution >= 0.6 is 11.3 Å². The first-order valence-electron chi connectivity index (χ1n) is 9.56. The van der Waals surface area contributed by atoms with Crippen LogP contribution in [0.4, 0.5) is 5.13 Å². The maximum Gasteiger partial charge on any atom is 0.264 e. The molecule has 1 aliphatic heterocycles. The van der Waals surface area contributed by atoms with Gasteiger partial charge in [-0.1, -0.05) is 17.4 Å². The monoisotopic (exact) mass is 460 g/mol. The summed E-state index contributed by atoms with van der Waals surface area (Å²) in [4.78, 5) is 28.0. The quantitative estimate of drug-likeness (QED) is 0.556. The Labute approximate surface area is 182 Å². The highest BCUT2D eigenvalue weighted by Crippen LogP contribution is 2.30. The fourth-order valence-electron chi connectivity index (χ4n) is 3.24. The lowest BCUT2D eigenvalue weighted by molar-refractivity contribution is -0.118. The molecule has 1 aromatic heterocycles. The summed E-state index contributed by atoms with van der Waals surface area (Å²) in [7, 11) is -3.52. The zero-order chi connectivity index (χ0) is 22.0.